The zero-order chi connectivity index (χ0) is 28.8. The van der Waals surface area contributed by atoms with E-state index in [-0.39, 0.29) is 24.9 Å². The molecule has 1 aliphatic heterocycles. The van der Waals surface area contributed by atoms with Gasteiger partial charge in [-0.25, -0.2) is 0 Å². The van der Waals surface area contributed by atoms with E-state index in [9.17, 15) is 26.3 Å². The van der Waals surface area contributed by atoms with Gasteiger partial charge in [-0.2, -0.15) is 26.3 Å². The lowest BCUT2D eigenvalue weighted by atomic mass is 9.83. The third kappa shape index (κ3) is 10.1. The zero-order valence-corrected chi connectivity index (χ0v) is 24.9. The Balaban J connectivity index is 1.78. The van der Waals surface area contributed by atoms with E-state index in [1.165, 1.54) is 0 Å². The molecule has 0 aromatic heterocycles. The molecular weight excluding hydrogens is 536 g/mol. The minimum atomic E-state index is -4.28. The Morgan fingerprint density at radius 1 is 0.744 bits per heavy atom. The van der Waals surface area contributed by atoms with Gasteiger partial charge < -0.3 is 9.74 Å². The molecule has 0 radical (unpaired) electrons. The van der Waals surface area contributed by atoms with Crippen LogP contribution in [0, 0.1) is 11.8 Å². The first-order valence-electron chi connectivity index (χ1n) is 14.8. The predicted octanol–water partition coefficient (Wildman–Crippen LogP) is 8.27. The summed E-state index contributed by atoms with van der Waals surface area (Å²) in [6.07, 6.45) is -1.30. The Labute approximate surface area is 231 Å². The summed E-state index contributed by atoms with van der Waals surface area (Å²) >= 11 is 0. The molecule has 6 atom stereocenters. The molecular formula is C28H47F6N3OSi. The molecule has 3 aliphatic rings. The molecule has 2 aliphatic carbocycles. The van der Waals surface area contributed by atoms with E-state index in [4.69, 9.17) is 9.42 Å². The van der Waals surface area contributed by atoms with Gasteiger partial charge in [0.25, 0.3) is 0 Å². The van der Waals surface area contributed by atoms with Gasteiger partial charge >= 0.3 is 12.4 Å². The number of nitrogens with one attached hydrogen (secondary N) is 1. The minimum absolute atomic E-state index is 0.109. The number of alkyl halides is 6. The normalized spacial score (nSPS) is 32.4. The molecule has 2 saturated carbocycles. The Bertz CT molecular complexity index is 839. The number of hydrogen-bond acceptors (Lipinski definition) is 4. The van der Waals surface area contributed by atoms with Crippen molar-refractivity contribution in [2.75, 3.05) is 6.61 Å². The fourth-order valence-electron chi connectivity index (χ4n) is 6.35. The molecule has 0 aromatic carbocycles. The molecule has 3 rings (SSSR count). The fraction of sp³-hybridized carbons (Fsp3) is 0.929. The van der Waals surface area contributed by atoms with Crippen molar-refractivity contribution in [1.29, 1.82) is 0 Å². The molecule has 0 spiro atoms. The van der Waals surface area contributed by atoms with Crippen molar-refractivity contribution in [3.8, 4) is 0 Å². The van der Waals surface area contributed by atoms with Gasteiger partial charge in [0.1, 0.15) is 0 Å². The molecule has 0 aromatic rings. The van der Waals surface area contributed by atoms with Crippen LogP contribution in [-0.4, -0.2) is 62.9 Å². The average molecular weight is 584 g/mol. The quantitative estimate of drug-likeness (QED) is 0.129. The molecule has 4 nitrogen and oxygen atoms in total. The van der Waals surface area contributed by atoms with Crippen LogP contribution in [0.5, 0.6) is 0 Å². The fourth-order valence-corrected chi connectivity index (χ4v) is 7.10. The van der Waals surface area contributed by atoms with E-state index < -0.39 is 44.6 Å². The Morgan fingerprint density at radius 3 is 1.79 bits per heavy atom. The van der Waals surface area contributed by atoms with E-state index in [1.807, 2.05) is 0 Å². The van der Waals surface area contributed by atoms with Gasteiger partial charge in [0.2, 0.25) is 0 Å². The predicted molar refractivity (Wildman–Crippen MR) is 147 cm³/mol. The van der Waals surface area contributed by atoms with Crippen LogP contribution in [0.25, 0.3) is 0 Å². The summed E-state index contributed by atoms with van der Waals surface area (Å²) in [7, 11) is -1.71. The first-order chi connectivity index (χ1) is 18.1. The molecule has 0 amide bonds. The highest BCUT2D eigenvalue weighted by Crippen LogP contribution is 2.41. The van der Waals surface area contributed by atoms with Crippen molar-refractivity contribution in [2.45, 2.75) is 147 Å². The molecule has 6 unspecified atom stereocenters. The largest absolute Gasteiger partial charge is 0.418 e. The van der Waals surface area contributed by atoms with Gasteiger partial charge in [-0.3, -0.25) is 9.98 Å². The summed E-state index contributed by atoms with van der Waals surface area (Å²) < 4.78 is 88.3. The minimum Gasteiger partial charge on any atom is -0.418 e. The van der Waals surface area contributed by atoms with Crippen LogP contribution in [-0.2, 0) is 4.43 Å². The van der Waals surface area contributed by atoms with Crippen molar-refractivity contribution in [1.82, 2.24) is 5.32 Å². The Hall–Kier alpha value is -0.943. The SMILES string of the molecule is CC(=NC1CCCCC1C(F)(F)F)C1CCCC(C(CCCO[Si](C)(C)C)=NC2CCCCC2C(F)(F)F)N1. The first kappa shape index (κ1) is 32.6. The van der Waals surface area contributed by atoms with Gasteiger partial charge in [-0.1, -0.05) is 25.7 Å². The van der Waals surface area contributed by atoms with Gasteiger partial charge in [0.15, 0.2) is 8.32 Å². The second-order valence-electron chi connectivity index (χ2n) is 12.7. The lowest BCUT2D eigenvalue weighted by Crippen LogP contribution is -2.51. The van der Waals surface area contributed by atoms with Crippen LogP contribution < -0.4 is 5.32 Å². The maximum atomic E-state index is 13.8. The number of aliphatic imine (C=N–C) groups is 2. The molecule has 1 saturated heterocycles. The third-order valence-corrected chi connectivity index (χ3v) is 9.48. The summed E-state index contributed by atoms with van der Waals surface area (Å²) in [6, 6.07) is -1.95. The van der Waals surface area contributed by atoms with Crippen LogP contribution in [0.4, 0.5) is 26.3 Å². The third-order valence-electron chi connectivity index (χ3n) is 8.41. The molecule has 0 bridgehead atoms. The lowest BCUT2D eigenvalue weighted by Gasteiger charge is -2.36. The maximum Gasteiger partial charge on any atom is 0.393 e. The summed E-state index contributed by atoms with van der Waals surface area (Å²) in [6.45, 7) is 8.63. The monoisotopic (exact) mass is 583 g/mol. The second kappa shape index (κ2) is 13.8. The Kier molecular flexibility index (Phi) is 11.5. The van der Waals surface area contributed by atoms with Crippen LogP contribution in [0.2, 0.25) is 19.6 Å². The van der Waals surface area contributed by atoms with Crippen LogP contribution >= 0.6 is 0 Å². The summed E-state index contributed by atoms with van der Waals surface area (Å²) in [4.78, 5) is 9.39. The summed E-state index contributed by atoms with van der Waals surface area (Å²) in [5.41, 5.74) is 1.41. The number of hydrogen-bond donors (Lipinski definition) is 1. The van der Waals surface area contributed by atoms with Crippen molar-refractivity contribution >= 4 is 19.7 Å². The topological polar surface area (TPSA) is 46.0 Å². The zero-order valence-electron chi connectivity index (χ0n) is 23.9. The van der Waals surface area contributed by atoms with Crippen LogP contribution in [0.3, 0.4) is 0 Å². The summed E-state index contributed by atoms with van der Waals surface area (Å²) in [5.74, 6) is -2.83. The maximum absolute atomic E-state index is 13.8. The Morgan fingerprint density at radius 2 is 1.26 bits per heavy atom. The number of piperidine rings is 1. The molecule has 1 N–H and O–H groups in total. The molecule has 39 heavy (non-hydrogen) atoms. The van der Waals surface area contributed by atoms with Gasteiger partial charge in [-0.15, -0.1) is 0 Å². The molecule has 11 heteroatoms. The lowest BCUT2D eigenvalue weighted by molar-refractivity contribution is -0.186. The smallest absolute Gasteiger partial charge is 0.393 e. The van der Waals surface area contributed by atoms with E-state index in [0.29, 0.717) is 50.8 Å². The molecule has 3 fully saturated rings. The van der Waals surface area contributed by atoms with E-state index in [2.05, 4.69) is 30.0 Å². The van der Waals surface area contributed by atoms with Gasteiger partial charge in [0, 0.05) is 30.1 Å². The molecule has 226 valence electrons. The van der Waals surface area contributed by atoms with Crippen molar-refractivity contribution in [2.24, 2.45) is 21.8 Å². The van der Waals surface area contributed by atoms with E-state index >= 15 is 0 Å². The highest BCUT2D eigenvalue weighted by molar-refractivity contribution is 6.69. The second-order valence-corrected chi connectivity index (χ2v) is 17.2. The van der Waals surface area contributed by atoms with Gasteiger partial charge in [0.05, 0.1) is 23.9 Å². The number of rotatable bonds is 9. The highest BCUT2D eigenvalue weighted by atomic mass is 28.4. The standard InChI is InChI=1S/C28H47F6N3OSi/c1-19(35-23-13-7-5-11-20(23)27(29,30)31)22-15-9-16-25(36-22)26(17-10-18-38-39(2,3)4)37-24-14-8-6-12-21(24)28(32,33)34/h20-25,36H,5-18H2,1-4H3. The first-order valence-corrected chi connectivity index (χ1v) is 18.2. The van der Waals surface area contributed by atoms with Crippen molar-refractivity contribution < 1.29 is 30.8 Å². The highest BCUT2D eigenvalue weighted by Gasteiger charge is 2.47. The van der Waals surface area contributed by atoms with E-state index in [0.717, 1.165) is 37.8 Å². The number of halogens is 6. The van der Waals surface area contributed by atoms with Crippen LogP contribution in [0.1, 0.15) is 90.4 Å². The average Bonchev–Trinajstić information content (AvgIpc) is 2.84. The van der Waals surface area contributed by atoms with E-state index in [1.54, 1.807) is 6.92 Å². The van der Waals surface area contributed by atoms with Gasteiger partial charge in [-0.05, 0) is 84.4 Å². The van der Waals surface area contributed by atoms with Crippen LogP contribution in [0.15, 0.2) is 9.98 Å². The molecule has 1 heterocycles. The number of nitrogens with zero attached hydrogens (tertiary/aromatic N) is 2. The summed E-state index contributed by atoms with van der Waals surface area (Å²) in [5, 5.41) is 3.54. The van der Waals surface area contributed by atoms with Crippen molar-refractivity contribution in [3.63, 3.8) is 0 Å². The van der Waals surface area contributed by atoms with Crippen molar-refractivity contribution in [3.05, 3.63) is 0 Å².